The first-order valence-electron chi connectivity index (χ1n) is 7.13. The molecule has 2 aliphatic heterocycles. The monoisotopic (exact) mass is 329 g/mol. The number of nitrogens with zero attached hydrogens (tertiary/aromatic N) is 3. The van der Waals surface area contributed by atoms with Crippen molar-refractivity contribution in [1.82, 2.24) is 10.2 Å². The SMILES string of the molecule is CN1C(=O)C2C(NC(=O)c3ccc(F)cc3)=CC=NC2=[N+](C)C1=O. The number of benzene rings is 1. The third-order valence-electron chi connectivity index (χ3n) is 3.89. The van der Waals surface area contributed by atoms with E-state index in [4.69, 9.17) is 0 Å². The van der Waals surface area contributed by atoms with Crippen LogP contribution in [-0.2, 0) is 4.79 Å². The van der Waals surface area contributed by atoms with Crippen molar-refractivity contribution in [3.63, 3.8) is 0 Å². The van der Waals surface area contributed by atoms with E-state index in [1.165, 1.54) is 55.2 Å². The number of hydrogen-bond acceptors (Lipinski definition) is 4. The molecule has 2 aliphatic rings. The van der Waals surface area contributed by atoms with E-state index in [0.717, 1.165) is 4.90 Å². The molecular weight excluding hydrogens is 315 g/mol. The molecule has 122 valence electrons. The van der Waals surface area contributed by atoms with E-state index >= 15 is 0 Å². The van der Waals surface area contributed by atoms with Crippen LogP contribution in [0.15, 0.2) is 41.0 Å². The summed E-state index contributed by atoms with van der Waals surface area (Å²) in [7, 11) is 2.88. The minimum absolute atomic E-state index is 0.250. The van der Waals surface area contributed by atoms with Gasteiger partial charge in [-0.3, -0.25) is 9.59 Å². The van der Waals surface area contributed by atoms with Gasteiger partial charge in [0.25, 0.3) is 11.7 Å². The van der Waals surface area contributed by atoms with E-state index in [0.29, 0.717) is 5.70 Å². The molecule has 0 saturated heterocycles. The van der Waals surface area contributed by atoms with Gasteiger partial charge in [0.1, 0.15) is 12.0 Å². The van der Waals surface area contributed by atoms with E-state index < -0.39 is 29.6 Å². The second kappa shape index (κ2) is 5.80. The van der Waals surface area contributed by atoms with Crippen molar-refractivity contribution >= 4 is 29.9 Å². The minimum atomic E-state index is -0.868. The molecule has 1 atom stereocenters. The topological polar surface area (TPSA) is 81.8 Å². The van der Waals surface area contributed by atoms with Gasteiger partial charge >= 0.3 is 11.9 Å². The van der Waals surface area contributed by atoms with Gasteiger partial charge in [0.2, 0.25) is 0 Å². The molecule has 0 bridgehead atoms. The fraction of sp³-hybridized carbons (Fsp3) is 0.188. The molecule has 8 heteroatoms. The second-order valence-electron chi connectivity index (χ2n) is 5.39. The molecule has 0 spiro atoms. The Morgan fingerprint density at radius 1 is 1.29 bits per heavy atom. The highest BCUT2D eigenvalue weighted by atomic mass is 19.1. The number of rotatable bonds is 2. The molecule has 0 aromatic heterocycles. The number of nitrogens with one attached hydrogen (secondary N) is 1. The number of imide groups is 1. The van der Waals surface area contributed by atoms with E-state index in [9.17, 15) is 18.8 Å². The number of amides is 4. The number of dihydropyridines is 1. The average molecular weight is 329 g/mol. The molecule has 1 aromatic rings. The Balaban J connectivity index is 1.91. The number of amidine groups is 1. The number of fused-ring (bicyclic) bond motifs is 1. The smallest absolute Gasteiger partial charge is 0.324 e. The fourth-order valence-corrected chi connectivity index (χ4v) is 2.56. The quantitative estimate of drug-likeness (QED) is 0.814. The zero-order valence-corrected chi connectivity index (χ0v) is 13.0. The van der Waals surface area contributed by atoms with E-state index in [1.54, 1.807) is 0 Å². The lowest BCUT2D eigenvalue weighted by Gasteiger charge is -2.26. The van der Waals surface area contributed by atoms with Gasteiger partial charge < -0.3 is 5.32 Å². The van der Waals surface area contributed by atoms with Crippen molar-refractivity contribution in [2.75, 3.05) is 14.1 Å². The molecular formula is C16H14FN4O3+. The summed E-state index contributed by atoms with van der Waals surface area (Å²) in [5, 5.41) is 2.64. The molecule has 1 unspecified atom stereocenters. The third kappa shape index (κ3) is 2.51. The van der Waals surface area contributed by atoms with Crippen LogP contribution in [-0.4, -0.2) is 53.5 Å². The highest BCUT2D eigenvalue weighted by Gasteiger charge is 2.47. The van der Waals surface area contributed by atoms with Crippen LogP contribution >= 0.6 is 0 Å². The van der Waals surface area contributed by atoms with Gasteiger partial charge in [0, 0.05) is 11.3 Å². The first-order valence-corrected chi connectivity index (χ1v) is 7.13. The maximum Gasteiger partial charge on any atom is 0.445 e. The molecule has 0 fully saturated rings. The molecule has 0 radical (unpaired) electrons. The summed E-state index contributed by atoms with van der Waals surface area (Å²) in [6.07, 6.45) is 2.92. The molecule has 7 nitrogen and oxygen atoms in total. The fourth-order valence-electron chi connectivity index (χ4n) is 2.56. The van der Waals surface area contributed by atoms with Crippen molar-refractivity contribution in [2.24, 2.45) is 10.9 Å². The Bertz CT molecular complexity index is 839. The normalized spacial score (nSPS) is 20.0. The summed E-state index contributed by atoms with van der Waals surface area (Å²) in [5.41, 5.74) is 0.563. The Morgan fingerprint density at radius 2 is 1.96 bits per heavy atom. The zero-order valence-electron chi connectivity index (χ0n) is 13.0. The van der Waals surface area contributed by atoms with Crippen LogP contribution in [0.5, 0.6) is 0 Å². The van der Waals surface area contributed by atoms with Crippen LogP contribution in [0.25, 0.3) is 0 Å². The Hall–Kier alpha value is -3.16. The number of urea groups is 1. The number of halogens is 1. The molecule has 4 amide bonds. The van der Waals surface area contributed by atoms with Gasteiger partial charge in [0.15, 0.2) is 5.92 Å². The van der Waals surface area contributed by atoms with Crippen molar-refractivity contribution < 1.29 is 23.3 Å². The maximum atomic E-state index is 13.0. The number of carbonyl (C=O) groups is 3. The Kier molecular flexibility index (Phi) is 3.80. The Labute approximate surface area is 136 Å². The van der Waals surface area contributed by atoms with Gasteiger partial charge in [0.05, 0.1) is 14.1 Å². The molecule has 3 rings (SSSR count). The summed E-state index contributed by atoms with van der Waals surface area (Å²) >= 11 is 0. The van der Waals surface area contributed by atoms with Crippen molar-refractivity contribution in [3.05, 3.63) is 47.4 Å². The average Bonchev–Trinajstić information content (AvgIpc) is 2.58. The summed E-state index contributed by atoms with van der Waals surface area (Å²) in [5.74, 6) is -2.02. The highest BCUT2D eigenvalue weighted by molar-refractivity contribution is 6.16. The predicted molar refractivity (Wildman–Crippen MR) is 83.3 cm³/mol. The lowest BCUT2D eigenvalue weighted by Crippen LogP contribution is -2.54. The number of aliphatic imine (C=N–C) groups is 1. The van der Waals surface area contributed by atoms with Crippen LogP contribution < -0.4 is 5.32 Å². The van der Waals surface area contributed by atoms with Crippen LogP contribution in [0.2, 0.25) is 0 Å². The number of hydrogen-bond donors (Lipinski definition) is 1. The van der Waals surface area contributed by atoms with Crippen molar-refractivity contribution in [1.29, 1.82) is 0 Å². The lowest BCUT2D eigenvalue weighted by atomic mass is 9.97. The minimum Gasteiger partial charge on any atom is -0.324 e. The molecule has 24 heavy (non-hydrogen) atoms. The number of carbonyl (C=O) groups excluding carboxylic acids is 3. The first kappa shape index (κ1) is 15.7. The van der Waals surface area contributed by atoms with Gasteiger partial charge in [-0.1, -0.05) is 0 Å². The molecule has 1 aromatic carbocycles. The van der Waals surface area contributed by atoms with E-state index in [2.05, 4.69) is 10.3 Å². The summed E-state index contributed by atoms with van der Waals surface area (Å²) < 4.78 is 14.2. The maximum absolute atomic E-state index is 13.0. The standard InChI is InChI=1S/C16H13FN4O3/c1-20-13-12(15(23)21(2)16(20)24)11(7-8-18-13)19-14(22)9-3-5-10(17)6-4-9/h3-8,12H,1-2H3/p+1. The van der Waals surface area contributed by atoms with Gasteiger partial charge in [-0.25, -0.2) is 9.18 Å². The lowest BCUT2D eigenvalue weighted by molar-refractivity contribution is -0.407. The molecule has 1 N–H and O–H groups in total. The van der Waals surface area contributed by atoms with E-state index in [1.807, 2.05) is 0 Å². The molecule has 2 heterocycles. The zero-order chi connectivity index (χ0) is 17.4. The molecule has 0 aliphatic carbocycles. The highest BCUT2D eigenvalue weighted by Crippen LogP contribution is 2.22. The van der Waals surface area contributed by atoms with Gasteiger partial charge in [-0.05, 0) is 30.3 Å². The van der Waals surface area contributed by atoms with Crippen molar-refractivity contribution in [3.8, 4) is 0 Å². The summed E-state index contributed by atoms with van der Waals surface area (Å²) in [6.45, 7) is 0. The van der Waals surface area contributed by atoms with Gasteiger partial charge in [-0.2, -0.15) is 9.48 Å². The van der Waals surface area contributed by atoms with Gasteiger partial charge in [-0.15, -0.1) is 4.99 Å². The largest absolute Gasteiger partial charge is 0.445 e. The first-order chi connectivity index (χ1) is 11.4. The third-order valence-corrected chi connectivity index (χ3v) is 3.89. The van der Waals surface area contributed by atoms with Crippen molar-refractivity contribution in [2.45, 2.75) is 0 Å². The van der Waals surface area contributed by atoms with Crippen LogP contribution in [0.1, 0.15) is 10.4 Å². The predicted octanol–water partition coefficient (Wildman–Crippen LogP) is 0.773. The Morgan fingerprint density at radius 3 is 2.62 bits per heavy atom. The van der Waals surface area contributed by atoms with E-state index in [-0.39, 0.29) is 11.4 Å². The van der Waals surface area contributed by atoms with Crippen LogP contribution in [0.4, 0.5) is 9.18 Å². The number of allylic oxidation sites excluding steroid dienone is 1. The van der Waals surface area contributed by atoms with Crippen LogP contribution in [0, 0.1) is 11.7 Å². The molecule has 0 saturated carbocycles. The second-order valence-corrected chi connectivity index (χ2v) is 5.39. The van der Waals surface area contributed by atoms with Crippen LogP contribution in [0.3, 0.4) is 0 Å². The summed E-state index contributed by atoms with van der Waals surface area (Å²) in [6, 6.07) is 4.55. The summed E-state index contributed by atoms with van der Waals surface area (Å²) in [4.78, 5) is 41.8.